The van der Waals surface area contributed by atoms with Crippen molar-refractivity contribution >= 4 is 15.9 Å². The molecule has 0 aromatic heterocycles. The van der Waals surface area contributed by atoms with Gasteiger partial charge in [0.1, 0.15) is 11.9 Å². The lowest BCUT2D eigenvalue weighted by atomic mass is 9.96. The number of alkyl halides is 1. The van der Waals surface area contributed by atoms with Gasteiger partial charge in [-0.05, 0) is 36.1 Å². The first-order chi connectivity index (χ1) is 8.81. The summed E-state index contributed by atoms with van der Waals surface area (Å²) in [5, 5.41) is 0. The molecule has 2 aromatic rings. The van der Waals surface area contributed by atoms with Crippen LogP contribution in [0.2, 0.25) is 0 Å². The lowest BCUT2D eigenvalue weighted by Crippen LogP contribution is -2.33. The second kappa shape index (κ2) is 5.15. The summed E-state index contributed by atoms with van der Waals surface area (Å²) in [5.74, 6) is 0.971. The highest BCUT2D eigenvalue weighted by molar-refractivity contribution is 9.09. The molecule has 0 atom stereocenters. The fourth-order valence-electron chi connectivity index (χ4n) is 2.15. The number of benzene rings is 2. The quantitative estimate of drug-likeness (QED) is 0.749. The maximum absolute atomic E-state index is 5.88. The lowest BCUT2D eigenvalue weighted by molar-refractivity contribution is 0.128. The predicted molar refractivity (Wildman–Crippen MR) is 78.2 cm³/mol. The van der Waals surface area contributed by atoms with Crippen LogP contribution in [0.5, 0.6) is 5.75 Å². The molecular weight excluding hydrogens is 288 g/mol. The van der Waals surface area contributed by atoms with E-state index in [1.165, 1.54) is 11.1 Å². The minimum atomic E-state index is 0.386. The van der Waals surface area contributed by atoms with E-state index in [9.17, 15) is 0 Å². The number of halogens is 1. The van der Waals surface area contributed by atoms with E-state index in [1.54, 1.807) is 0 Å². The van der Waals surface area contributed by atoms with Crippen LogP contribution in [-0.2, 0) is 0 Å². The van der Waals surface area contributed by atoms with E-state index in [4.69, 9.17) is 4.74 Å². The number of hydrogen-bond donors (Lipinski definition) is 0. The Morgan fingerprint density at radius 1 is 0.833 bits per heavy atom. The Hall–Kier alpha value is -1.28. The van der Waals surface area contributed by atoms with Crippen molar-refractivity contribution in [1.82, 2.24) is 0 Å². The van der Waals surface area contributed by atoms with Crippen LogP contribution in [0.1, 0.15) is 12.8 Å². The molecule has 0 amide bonds. The van der Waals surface area contributed by atoms with E-state index in [2.05, 4.69) is 64.5 Å². The molecule has 0 heterocycles. The van der Waals surface area contributed by atoms with Gasteiger partial charge < -0.3 is 4.74 Å². The van der Waals surface area contributed by atoms with Crippen molar-refractivity contribution in [1.29, 1.82) is 0 Å². The predicted octanol–water partition coefficient (Wildman–Crippen LogP) is 4.66. The molecule has 0 aliphatic heterocycles. The monoisotopic (exact) mass is 302 g/mol. The highest BCUT2D eigenvalue weighted by Crippen LogP contribution is 2.31. The van der Waals surface area contributed by atoms with Crippen LogP contribution in [0.3, 0.4) is 0 Å². The molecule has 1 aliphatic rings. The highest BCUT2D eigenvalue weighted by atomic mass is 79.9. The van der Waals surface area contributed by atoms with Crippen molar-refractivity contribution < 1.29 is 4.74 Å². The number of rotatable bonds is 3. The maximum atomic E-state index is 5.88. The molecule has 1 saturated carbocycles. The Balaban J connectivity index is 1.69. The maximum Gasteiger partial charge on any atom is 0.119 e. The Bertz CT molecular complexity index is 500. The van der Waals surface area contributed by atoms with Crippen molar-refractivity contribution in [2.24, 2.45) is 0 Å². The summed E-state index contributed by atoms with van der Waals surface area (Å²) >= 11 is 3.58. The second-order valence-electron chi connectivity index (χ2n) is 4.70. The lowest BCUT2D eigenvalue weighted by Gasteiger charge is -2.31. The van der Waals surface area contributed by atoms with Crippen molar-refractivity contribution in [3.05, 3.63) is 54.6 Å². The summed E-state index contributed by atoms with van der Waals surface area (Å²) in [7, 11) is 0. The van der Waals surface area contributed by atoms with Gasteiger partial charge in [0, 0.05) is 4.83 Å². The SMILES string of the molecule is BrC1CC(Oc2ccc(-c3ccccc3)cc2)C1. The Morgan fingerprint density at radius 3 is 2.06 bits per heavy atom. The summed E-state index contributed by atoms with van der Waals surface area (Å²) in [5.41, 5.74) is 2.48. The molecule has 0 saturated heterocycles. The Labute approximate surface area is 116 Å². The third kappa shape index (κ3) is 2.59. The van der Waals surface area contributed by atoms with Gasteiger partial charge >= 0.3 is 0 Å². The van der Waals surface area contributed by atoms with Crippen LogP contribution in [0.15, 0.2) is 54.6 Å². The molecule has 3 rings (SSSR count). The molecule has 1 fully saturated rings. The zero-order valence-corrected chi connectivity index (χ0v) is 11.6. The highest BCUT2D eigenvalue weighted by Gasteiger charge is 2.28. The van der Waals surface area contributed by atoms with Crippen LogP contribution >= 0.6 is 15.9 Å². The van der Waals surface area contributed by atoms with Gasteiger partial charge in [0.25, 0.3) is 0 Å². The van der Waals surface area contributed by atoms with Gasteiger partial charge in [-0.25, -0.2) is 0 Å². The van der Waals surface area contributed by atoms with Crippen LogP contribution in [0, 0.1) is 0 Å². The van der Waals surface area contributed by atoms with Crippen molar-refractivity contribution in [2.45, 2.75) is 23.8 Å². The average molecular weight is 303 g/mol. The molecule has 2 aromatic carbocycles. The fraction of sp³-hybridized carbons (Fsp3) is 0.250. The van der Waals surface area contributed by atoms with Crippen LogP contribution in [-0.4, -0.2) is 10.9 Å². The second-order valence-corrected chi connectivity index (χ2v) is 5.99. The molecule has 2 heteroatoms. The van der Waals surface area contributed by atoms with Gasteiger partial charge in [0.15, 0.2) is 0 Å². The molecule has 1 nitrogen and oxygen atoms in total. The molecule has 0 N–H and O–H groups in total. The van der Waals surface area contributed by atoms with E-state index < -0.39 is 0 Å². The molecule has 0 unspecified atom stereocenters. The normalized spacial score (nSPS) is 22.3. The zero-order valence-electron chi connectivity index (χ0n) is 10.1. The largest absolute Gasteiger partial charge is 0.490 e. The Kier molecular flexibility index (Phi) is 3.37. The Morgan fingerprint density at radius 2 is 1.44 bits per heavy atom. The number of hydrogen-bond acceptors (Lipinski definition) is 1. The first-order valence-electron chi connectivity index (χ1n) is 6.27. The fourth-order valence-corrected chi connectivity index (χ4v) is 2.98. The molecule has 0 radical (unpaired) electrons. The molecule has 0 spiro atoms. The molecule has 0 bridgehead atoms. The summed E-state index contributed by atoms with van der Waals surface area (Å²) < 4.78 is 5.88. The van der Waals surface area contributed by atoms with E-state index >= 15 is 0 Å². The minimum absolute atomic E-state index is 0.386. The third-order valence-electron chi connectivity index (χ3n) is 3.30. The summed E-state index contributed by atoms with van der Waals surface area (Å²) in [6.07, 6.45) is 2.61. The molecule has 1 aliphatic carbocycles. The average Bonchev–Trinajstić information content (AvgIpc) is 2.39. The molecule has 18 heavy (non-hydrogen) atoms. The first kappa shape index (κ1) is 11.8. The zero-order chi connectivity index (χ0) is 12.4. The standard InChI is InChI=1S/C16H15BrO/c17-14-10-16(11-14)18-15-8-6-13(7-9-15)12-4-2-1-3-5-12/h1-9,14,16H,10-11H2. The van der Waals surface area contributed by atoms with Crippen molar-refractivity contribution in [2.75, 3.05) is 0 Å². The minimum Gasteiger partial charge on any atom is -0.490 e. The van der Waals surface area contributed by atoms with Crippen molar-refractivity contribution in [3.8, 4) is 16.9 Å². The topological polar surface area (TPSA) is 9.23 Å². The van der Waals surface area contributed by atoms with E-state index in [0.717, 1.165) is 18.6 Å². The van der Waals surface area contributed by atoms with Gasteiger partial charge in [0.2, 0.25) is 0 Å². The van der Waals surface area contributed by atoms with Gasteiger partial charge in [-0.3, -0.25) is 0 Å². The summed E-state index contributed by atoms with van der Waals surface area (Å²) in [6.45, 7) is 0. The smallest absolute Gasteiger partial charge is 0.119 e. The van der Waals surface area contributed by atoms with Crippen LogP contribution in [0.4, 0.5) is 0 Å². The van der Waals surface area contributed by atoms with Gasteiger partial charge in [-0.2, -0.15) is 0 Å². The third-order valence-corrected chi connectivity index (χ3v) is 4.05. The van der Waals surface area contributed by atoms with Crippen molar-refractivity contribution in [3.63, 3.8) is 0 Å². The molecule has 92 valence electrons. The van der Waals surface area contributed by atoms with Gasteiger partial charge in [-0.15, -0.1) is 0 Å². The van der Waals surface area contributed by atoms with Gasteiger partial charge in [-0.1, -0.05) is 58.4 Å². The van der Waals surface area contributed by atoms with Crippen LogP contribution < -0.4 is 4.74 Å². The summed E-state index contributed by atoms with van der Waals surface area (Å²) in [4.78, 5) is 0.645. The first-order valence-corrected chi connectivity index (χ1v) is 7.19. The van der Waals surface area contributed by atoms with E-state index in [0.29, 0.717) is 10.9 Å². The molecular formula is C16H15BrO. The van der Waals surface area contributed by atoms with Gasteiger partial charge in [0.05, 0.1) is 0 Å². The van der Waals surface area contributed by atoms with Crippen LogP contribution in [0.25, 0.3) is 11.1 Å². The van der Waals surface area contributed by atoms with E-state index in [-0.39, 0.29) is 0 Å². The number of ether oxygens (including phenoxy) is 1. The summed E-state index contributed by atoms with van der Waals surface area (Å²) in [6, 6.07) is 18.8. The van der Waals surface area contributed by atoms with E-state index in [1.807, 2.05) is 6.07 Å².